The Bertz CT molecular complexity index is 1330. The first-order valence-electron chi connectivity index (χ1n) is 11.5. The van der Waals surface area contributed by atoms with Crippen LogP contribution in [0.15, 0.2) is 47.4 Å². The Kier molecular flexibility index (Phi) is 8.21. The minimum Gasteiger partial charge on any atom is -0.395 e. The number of morpholine rings is 1. The number of aryl methyl sites for hydroxylation is 1. The third kappa shape index (κ3) is 6.11. The highest BCUT2D eigenvalue weighted by Gasteiger charge is 2.18. The number of amides is 1. The van der Waals surface area contributed by atoms with Crippen molar-refractivity contribution in [1.82, 2.24) is 14.8 Å². The predicted octanol–water partition coefficient (Wildman–Crippen LogP) is 2.69. The minimum absolute atomic E-state index is 0.0325. The first-order valence-corrected chi connectivity index (χ1v) is 11.9. The zero-order valence-corrected chi connectivity index (χ0v) is 20.4. The number of hydrogen-bond acceptors (Lipinski definition) is 5. The number of nitrogens with zero attached hydrogens (tertiary/aromatic N) is 2. The molecule has 182 valence electrons. The average Bonchev–Trinajstić information content (AvgIpc) is 2.86. The van der Waals surface area contributed by atoms with Crippen LogP contribution in [0, 0.1) is 11.8 Å². The topological polar surface area (TPSA) is 83.8 Å². The van der Waals surface area contributed by atoms with Gasteiger partial charge in [0, 0.05) is 61.8 Å². The Balaban J connectivity index is 1.71. The molecule has 2 N–H and O–H groups in total. The molecular weight excluding hydrogens is 466 g/mol. The van der Waals surface area contributed by atoms with E-state index in [1.807, 2.05) is 24.3 Å². The Labute approximate surface area is 209 Å². The smallest absolute Gasteiger partial charge is 0.257 e. The van der Waals surface area contributed by atoms with Crippen molar-refractivity contribution in [1.29, 1.82) is 0 Å². The van der Waals surface area contributed by atoms with Crippen molar-refractivity contribution in [2.24, 2.45) is 7.05 Å². The standard InChI is InChI=1S/C27H28ClN3O4/c1-30-18-24(27(34)29-16-19-5-7-22(28)8-6-19)26(33)23-15-20(17-31-9-12-35-13-10-31)14-21(25(23)30)4-2-3-11-32/h5-8,14-15,18,32H,3,9-13,16-17H2,1H3,(H,29,34). The van der Waals surface area contributed by atoms with E-state index in [2.05, 4.69) is 22.1 Å². The third-order valence-corrected chi connectivity index (χ3v) is 6.17. The molecule has 1 aliphatic heterocycles. The number of rotatable bonds is 6. The Hall–Kier alpha value is -3.15. The lowest BCUT2D eigenvalue weighted by Crippen LogP contribution is -2.35. The van der Waals surface area contributed by atoms with E-state index >= 15 is 0 Å². The van der Waals surface area contributed by atoms with Crippen LogP contribution in [-0.4, -0.2) is 53.4 Å². The molecule has 2 aromatic carbocycles. The summed E-state index contributed by atoms with van der Waals surface area (Å²) in [5, 5.41) is 13.0. The zero-order valence-electron chi connectivity index (χ0n) is 19.6. The molecule has 1 fully saturated rings. The number of aromatic nitrogens is 1. The van der Waals surface area contributed by atoms with Gasteiger partial charge in [-0.3, -0.25) is 14.5 Å². The fourth-order valence-electron chi connectivity index (χ4n) is 4.17. The lowest BCUT2D eigenvalue weighted by atomic mass is 10.0. The van der Waals surface area contributed by atoms with Gasteiger partial charge < -0.3 is 19.7 Å². The summed E-state index contributed by atoms with van der Waals surface area (Å²) in [7, 11) is 1.80. The van der Waals surface area contributed by atoms with Gasteiger partial charge in [-0.1, -0.05) is 35.6 Å². The molecule has 0 unspecified atom stereocenters. The summed E-state index contributed by atoms with van der Waals surface area (Å²) in [6, 6.07) is 11.0. The number of pyridine rings is 1. The summed E-state index contributed by atoms with van der Waals surface area (Å²) in [6.45, 7) is 3.89. The second kappa shape index (κ2) is 11.5. The van der Waals surface area contributed by atoms with Crippen LogP contribution in [0.25, 0.3) is 10.9 Å². The summed E-state index contributed by atoms with van der Waals surface area (Å²) in [4.78, 5) is 28.7. The summed E-state index contributed by atoms with van der Waals surface area (Å²) in [5.41, 5.74) is 2.94. The number of fused-ring (bicyclic) bond motifs is 1. The molecule has 1 amide bonds. The van der Waals surface area contributed by atoms with Crippen molar-refractivity contribution in [3.05, 3.63) is 80.1 Å². The predicted molar refractivity (Wildman–Crippen MR) is 136 cm³/mol. The van der Waals surface area contributed by atoms with E-state index < -0.39 is 5.91 Å². The molecule has 4 rings (SSSR count). The molecule has 0 radical (unpaired) electrons. The van der Waals surface area contributed by atoms with Crippen molar-refractivity contribution >= 4 is 28.4 Å². The fraction of sp³-hybridized carbons (Fsp3) is 0.333. The largest absolute Gasteiger partial charge is 0.395 e. The molecule has 1 saturated heterocycles. The minimum atomic E-state index is -0.436. The number of carbonyl (C=O) groups excluding carboxylic acids is 1. The maximum atomic E-state index is 13.5. The van der Waals surface area contributed by atoms with Gasteiger partial charge in [-0.25, -0.2) is 0 Å². The SMILES string of the molecule is Cn1cc(C(=O)NCc2ccc(Cl)cc2)c(=O)c2cc(CN3CCOCC3)cc(C#CCCO)c21. The van der Waals surface area contributed by atoms with Gasteiger partial charge in [-0.15, -0.1) is 0 Å². The first-order chi connectivity index (χ1) is 17.0. The number of hydrogen-bond donors (Lipinski definition) is 2. The van der Waals surface area contributed by atoms with Crippen LogP contribution in [0.2, 0.25) is 5.02 Å². The van der Waals surface area contributed by atoms with Gasteiger partial charge in [-0.05, 0) is 35.4 Å². The van der Waals surface area contributed by atoms with E-state index in [-0.39, 0.29) is 24.1 Å². The number of aliphatic hydroxyl groups excluding tert-OH is 1. The fourth-order valence-corrected chi connectivity index (χ4v) is 4.29. The van der Waals surface area contributed by atoms with Gasteiger partial charge in [0.2, 0.25) is 5.43 Å². The molecule has 0 aliphatic carbocycles. The number of ether oxygens (including phenoxy) is 1. The Morgan fingerprint density at radius 1 is 1.17 bits per heavy atom. The molecule has 1 aliphatic rings. The summed E-state index contributed by atoms with van der Waals surface area (Å²) in [5.74, 6) is 5.64. The second-order valence-electron chi connectivity index (χ2n) is 8.50. The highest BCUT2D eigenvalue weighted by molar-refractivity contribution is 6.30. The Morgan fingerprint density at radius 3 is 2.63 bits per heavy atom. The third-order valence-electron chi connectivity index (χ3n) is 5.92. The first kappa shape index (κ1) is 25.0. The van der Waals surface area contributed by atoms with E-state index in [1.54, 1.807) is 29.9 Å². The van der Waals surface area contributed by atoms with E-state index in [1.165, 1.54) is 0 Å². The lowest BCUT2D eigenvalue weighted by Gasteiger charge is -2.26. The van der Waals surface area contributed by atoms with Gasteiger partial charge in [0.25, 0.3) is 5.91 Å². The normalized spacial score (nSPS) is 13.9. The van der Waals surface area contributed by atoms with Gasteiger partial charge in [0.05, 0.1) is 25.3 Å². The van der Waals surface area contributed by atoms with Crippen LogP contribution < -0.4 is 10.7 Å². The van der Waals surface area contributed by atoms with Crippen molar-refractivity contribution in [2.45, 2.75) is 19.5 Å². The number of benzene rings is 2. The zero-order chi connectivity index (χ0) is 24.8. The maximum Gasteiger partial charge on any atom is 0.257 e. The molecule has 0 bridgehead atoms. The van der Waals surface area contributed by atoms with Crippen molar-refractivity contribution in [2.75, 3.05) is 32.9 Å². The number of nitrogens with one attached hydrogen (secondary N) is 1. The molecule has 2 heterocycles. The molecule has 0 saturated carbocycles. The van der Waals surface area contributed by atoms with Gasteiger partial charge >= 0.3 is 0 Å². The molecular formula is C27H28ClN3O4. The molecule has 0 spiro atoms. The lowest BCUT2D eigenvalue weighted by molar-refractivity contribution is 0.0342. The number of aliphatic hydroxyl groups is 1. The van der Waals surface area contributed by atoms with Crippen LogP contribution in [0.3, 0.4) is 0 Å². The van der Waals surface area contributed by atoms with E-state index in [9.17, 15) is 9.59 Å². The van der Waals surface area contributed by atoms with Crippen LogP contribution in [-0.2, 0) is 24.9 Å². The molecule has 1 aromatic heterocycles. The monoisotopic (exact) mass is 493 g/mol. The van der Waals surface area contributed by atoms with Crippen LogP contribution in [0.4, 0.5) is 0 Å². The van der Waals surface area contributed by atoms with E-state index in [0.717, 1.165) is 24.2 Å². The van der Waals surface area contributed by atoms with Crippen LogP contribution in [0.1, 0.15) is 33.5 Å². The number of carbonyl (C=O) groups is 1. The molecule has 0 atom stereocenters. The molecule has 7 nitrogen and oxygen atoms in total. The molecule has 3 aromatic rings. The van der Waals surface area contributed by atoms with Gasteiger partial charge in [0.15, 0.2) is 0 Å². The van der Waals surface area contributed by atoms with Crippen molar-refractivity contribution in [3.8, 4) is 11.8 Å². The maximum absolute atomic E-state index is 13.5. The van der Waals surface area contributed by atoms with Crippen LogP contribution in [0.5, 0.6) is 0 Å². The average molecular weight is 494 g/mol. The van der Waals surface area contributed by atoms with E-state index in [4.69, 9.17) is 21.4 Å². The highest BCUT2D eigenvalue weighted by Crippen LogP contribution is 2.21. The van der Waals surface area contributed by atoms with Crippen LogP contribution >= 0.6 is 11.6 Å². The van der Waals surface area contributed by atoms with Gasteiger partial charge in [-0.2, -0.15) is 0 Å². The second-order valence-corrected chi connectivity index (χ2v) is 8.93. The van der Waals surface area contributed by atoms with E-state index in [0.29, 0.717) is 47.7 Å². The summed E-state index contributed by atoms with van der Waals surface area (Å²) in [6.07, 6.45) is 1.90. The summed E-state index contributed by atoms with van der Waals surface area (Å²) >= 11 is 5.93. The van der Waals surface area contributed by atoms with Crippen molar-refractivity contribution in [3.63, 3.8) is 0 Å². The number of halogens is 1. The molecule has 8 heteroatoms. The summed E-state index contributed by atoms with van der Waals surface area (Å²) < 4.78 is 7.22. The highest BCUT2D eigenvalue weighted by atomic mass is 35.5. The van der Waals surface area contributed by atoms with Gasteiger partial charge in [0.1, 0.15) is 5.56 Å². The Morgan fingerprint density at radius 2 is 1.91 bits per heavy atom. The molecule has 35 heavy (non-hydrogen) atoms. The van der Waals surface area contributed by atoms with Crippen molar-refractivity contribution < 1.29 is 14.6 Å². The quantitative estimate of drug-likeness (QED) is 0.516.